The van der Waals surface area contributed by atoms with E-state index in [1.54, 1.807) is 0 Å². The summed E-state index contributed by atoms with van der Waals surface area (Å²) >= 11 is 1.87. The molecule has 0 bridgehead atoms. The summed E-state index contributed by atoms with van der Waals surface area (Å²) in [4.78, 5) is 6.73. The third-order valence-corrected chi connectivity index (χ3v) is 3.94. The van der Waals surface area contributed by atoms with Crippen LogP contribution in [-0.4, -0.2) is 36.6 Å². The van der Waals surface area contributed by atoms with Crippen molar-refractivity contribution < 1.29 is 0 Å². The topological polar surface area (TPSA) is 28.2 Å². The van der Waals surface area contributed by atoms with E-state index in [-0.39, 0.29) is 0 Å². The normalized spacial score (nSPS) is 12.7. The molecule has 0 saturated heterocycles. The molecule has 0 radical (unpaired) electrons. The summed E-state index contributed by atoms with van der Waals surface area (Å²) in [5.74, 6) is 2.87. The first kappa shape index (κ1) is 16.3. The maximum atomic E-state index is 4.47. The van der Waals surface area contributed by atoms with Gasteiger partial charge in [-0.25, -0.2) is 4.98 Å². The number of rotatable bonds is 8. The Balaban J connectivity index is 2.60. The van der Waals surface area contributed by atoms with Gasteiger partial charge in [0, 0.05) is 31.6 Å². The Morgan fingerprint density at radius 1 is 1.37 bits per heavy atom. The van der Waals surface area contributed by atoms with Gasteiger partial charge in [0.25, 0.3) is 0 Å². The highest BCUT2D eigenvalue weighted by Gasteiger charge is 2.10. The van der Waals surface area contributed by atoms with E-state index in [2.05, 4.69) is 61.4 Å². The van der Waals surface area contributed by atoms with Crippen LogP contribution < -0.4 is 10.2 Å². The lowest BCUT2D eigenvalue weighted by atomic mass is 10.2. The lowest BCUT2D eigenvalue weighted by Gasteiger charge is -2.25. The fourth-order valence-corrected chi connectivity index (χ4v) is 2.55. The van der Waals surface area contributed by atoms with E-state index in [1.165, 1.54) is 5.56 Å². The number of pyridine rings is 1. The molecule has 4 heteroatoms. The summed E-state index contributed by atoms with van der Waals surface area (Å²) in [6, 6.07) is 4.77. The van der Waals surface area contributed by atoms with Crippen LogP contribution in [0.15, 0.2) is 18.3 Å². The molecule has 1 aromatic rings. The fourth-order valence-electron chi connectivity index (χ4n) is 1.85. The van der Waals surface area contributed by atoms with Gasteiger partial charge in [0.15, 0.2) is 0 Å². The van der Waals surface area contributed by atoms with Crippen LogP contribution >= 0.6 is 11.8 Å². The van der Waals surface area contributed by atoms with E-state index in [9.17, 15) is 0 Å². The van der Waals surface area contributed by atoms with Crippen molar-refractivity contribution in [3.05, 3.63) is 23.9 Å². The van der Waals surface area contributed by atoms with Crippen molar-refractivity contribution in [2.24, 2.45) is 5.92 Å². The van der Waals surface area contributed by atoms with Crippen molar-refractivity contribution >= 4 is 17.6 Å². The number of hydrogen-bond acceptors (Lipinski definition) is 4. The zero-order valence-electron chi connectivity index (χ0n) is 12.8. The maximum absolute atomic E-state index is 4.47. The van der Waals surface area contributed by atoms with Crippen LogP contribution in [0, 0.1) is 5.92 Å². The van der Waals surface area contributed by atoms with E-state index in [4.69, 9.17) is 0 Å². The Hall–Kier alpha value is -0.740. The first-order valence-electron chi connectivity index (χ1n) is 6.92. The molecule has 0 fully saturated rings. The second kappa shape index (κ2) is 8.43. The van der Waals surface area contributed by atoms with Crippen LogP contribution in [0.25, 0.3) is 0 Å². The Bertz CT molecular complexity index is 368. The smallest absolute Gasteiger partial charge is 0.128 e. The molecule has 3 nitrogen and oxygen atoms in total. The van der Waals surface area contributed by atoms with Crippen LogP contribution in [0.2, 0.25) is 0 Å². The largest absolute Gasteiger partial charge is 0.356 e. The Kier molecular flexibility index (Phi) is 7.24. The molecule has 0 amide bonds. The summed E-state index contributed by atoms with van der Waals surface area (Å²) < 4.78 is 0. The van der Waals surface area contributed by atoms with Gasteiger partial charge in [0.1, 0.15) is 5.82 Å². The molecule has 1 aromatic heterocycles. The maximum Gasteiger partial charge on any atom is 0.128 e. The zero-order chi connectivity index (χ0) is 14.3. The number of thioether (sulfide) groups is 1. The minimum atomic E-state index is 0.501. The van der Waals surface area contributed by atoms with Gasteiger partial charge in [-0.2, -0.15) is 11.8 Å². The van der Waals surface area contributed by atoms with Crippen molar-refractivity contribution in [2.75, 3.05) is 30.5 Å². The molecule has 0 aromatic carbocycles. The molecular weight excluding hydrogens is 254 g/mol. The third-order valence-electron chi connectivity index (χ3n) is 3.12. The standard InChI is InChI=1S/C15H27N3S/c1-12(2)9-16-10-14-6-7-17-15(8-14)18(4)13(3)11-19-5/h6-8,12-13,16H,9-11H2,1-5H3. The molecule has 1 heterocycles. The highest BCUT2D eigenvalue weighted by Crippen LogP contribution is 2.15. The second-order valence-corrected chi connectivity index (χ2v) is 6.37. The van der Waals surface area contributed by atoms with Gasteiger partial charge >= 0.3 is 0 Å². The van der Waals surface area contributed by atoms with Crippen LogP contribution in [0.5, 0.6) is 0 Å². The summed E-state index contributed by atoms with van der Waals surface area (Å²) in [6.45, 7) is 8.66. The van der Waals surface area contributed by atoms with E-state index in [0.717, 1.165) is 24.7 Å². The van der Waals surface area contributed by atoms with Gasteiger partial charge < -0.3 is 10.2 Å². The molecule has 0 aliphatic rings. The van der Waals surface area contributed by atoms with Gasteiger partial charge in [-0.3, -0.25) is 0 Å². The lowest BCUT2D eigenvalue weighted by Crippen LogP contribution is -2.31. The van der Waals surface area contributed by atoms with Crippen LogP contribution in [0.4, 0.5) is 5.82 Å². The monoisotopic (exact) mass is 281 g/mol. The number of nitrogens with one attached hydrogen (secondary N) is 1. The van der Waals surface area contributed by atoms with Gasteiger partial charge in [-0.05, 0) is 43.3 Å². The number of aromatic nitrogens is 1. The van der Waals surface area contributed by atoms with Crippen molar-refractivity contribution in [1.29, 1.82) is 0 Å². The SMILES string of the molecule is CSCC(C)N(C)c1cc(CNCC(C)C)ccn1. The molecule has 0 saturated carbocycles. The lowest BCUT2D eigenvalue weighted by molar-refractivity contribution is 0.552. The molecule has 0 aliphatic heterocycles. The molecule has 1 atom stereocenters. The predicted octanol–water partition coefficient (Wildman–Crippen LogP) is 3.01. The molecule has 19 heavy (non-hydrogen) atoms. The average molecular weight is 281 g/mol. The molecule has 1 N–H and O–H groups in total. The van der Waals surface area contributed by atoms with E-state index < -0.39 is 0 Å². The minimum absolute atomic E-state index is 0.501. The molecule has 108 valence electrons. The zero-order valence-corrected chi connectivity index (χ0v) is 13.6. The van der Waals surface area contributed by atoms with Crippen molar-refractivity contribution in [3.63, 3.8) is 0 Å². The fraction of sp³-hybridized carbons (Fsp3) is 0.667. The highest BCUT2D eigenvalue weighted by atomic mass is 32.2. The van der Waals surface area contributed by atoms with Gasteiger partial charge in [-0.1, -0.05) is 13.8 Å². The van der Waals surface area contributed by atoms with Crippen molar-refractivity contribution in [1.82, 2.24) is 10.3 Å². The molecule has 0 spiro atoms. The van der Waals surface area contributed by atoms with Crippen molar-refractivity contribution in [2.45, 2.75) is 33.4 Å². The average Bonchev–Trinajstić information content (AvgIpc) is 2.38. The van der Waals surface area contributed by atoms with E-state index in [0.29, 0.717) is 12.0 Å². The number of anilines is 1. The van der Waals surface area contributed by atoms with Crippen molar-refractivity contribution in [3.8, 4) is 0 Å². The number of nitrogens with zero attached hydrogens (tertiary/aromatic N) is 2. The van der Waals surface area contributed by atoms with Crippen LogP contribution in [-0.2, 0) is 6.54 Å². The Morgan fingerprint density at radius 3 is 2.74 bits per heavy atom. The summed E-state index contributed by atoms with van der Waals surface area (Å²) in [5.41, 5.74) is 1.30. The Morgan fingerprint density at radius 2 is 2.11 bits per heavy atom. The van der Waals surface area contributed by atoms with Gasteiger partial charge in [-0.15, -0.1) is 0 Å². The molecule has 1 rings (SSSR count). The first-order valence-corrected chi connectivity index (χ1v) is 8.31. The number of hydrogen-bond donors (Lipinski definition) is 1. The highest BCUT2D eigenvalue weighted by molar-refractivity contribution is 7.98. The third kappa shape index (κ3) is 5.83. The summed E-state index contributed by atoms with van der Waals surface area (Å²) in [5, 5.41) is 3.47. The quantitative estimate of drug-likeness (QED) is 0.793. The first-order chi connectivity index (χ1) is 9.04. The van der Waals surface area contributed by atoms with E-state index in [1.807, 2.05) is 18.0 Å². The van der Waals surface area contributed by atoms with Crippen LogP contribution in [0.3, 0.4) is 0 Å². The van der Waals surface area contributed by atoms with Gasteiger partial charge in [0.05, 0.1) is 0 Å². The predicted molar refractivity (Wildman–Crippen MR) is 87.0 cm³/mol. The summed E-state index contributed by atoms with van der Waals surface area (Å²) in [6.07, 6.45) is 4.05. The van der Waals surface area contributed by atoms with Crippen LogP contribution in [0.1, 0.15) is 26.3 Å². The second-order valence-electron chi connectivity index (χ2n) is 5.46. The van der Waals surface area contributed by atoms with Gasteiger partial charge in [0.2, 0.25) is 0 Å². The van der Waals surface area contributed by atoms with E-state index >= 15 is 0 Å². The Labute approximate surface area is 122 Å². The minimum Gasteiger partial charge on any atom is -0.356 e. The molecule has 1 unspecified atom stereocenters. The molecule has 0 aliphatic carbocycles. The molecular formula is C15H27N3S. The summed E-state index contributed by atoms with van der Waals surface area (Å²) in [7, 11) is 2.12.